The Hall–Kier alpha value is -2.27. The van der Waals surface area contributed by atoms with Gasteiger partial charge in [0.2, 0.25) is 0 Å². The smallest absolute Gasteiger partial charge is 0.313 e. The molecule has 0 spiro atoms. The number of carbonyl (C=O) groups is 1. The number of benzene rings is 1. The Labute approximate surface area is 187 Å². The van der Waals surface area contributed by atoms with Crippen molar-refractivity contribution in [3.8, 4) is 17.1 Å². The number of hydrogen-bond donors (Lipinski definition) is 0. The number of rotatable bonds is 15. The Bertz CT molecular complexity index is 744. The third-order valence-corrected chi connectivity index (χ3v) is 5.18. The largest absolute Gasteiger partial charge is 0.426 e. The first-order chi connectivity index (χ1) is 15.1. The number of ether oxygens (including phenoxy) is 2. The van der Waals surface area contributed by atoms with Crippen molar-refractivity contribution >= 4 is 5.97 Å². The van der Waals surface area contributed by atoms with Gasteiger partial charge in [0, 0.05) is 24.6 Å². The normalized spacial score (nSPS) is 12.0. The Morgan fingerprint density at radius 2 is 1.55 bits per heavy atom. The van der Waals surface area contributed by atoms with Crippen molar-refractivity contribution in [3.05, 3.63) is 42.2 Å². The maximum atomic E-state index is 12.0. The summed E-state index contributed by atoms with van der Waals surface area (Å²) in [5.41, 5.74) is 2.09. The van der Waals surface area contributed by atoms with Gasteiger partial charge in [-0.3, -0.25) is 4.79 Å². The maximum absolute atomic E-state index is 12.0. The number of hydrogen-bond acceptors (Lipinski definition) is 5. The van der Waals surface area contributed by atoms with E-state index >= 15 is 0 Å². The molecule has 170 valence electrons. The van der Waals surface area contributed by atoms with Crippen LogP contribution in [0.5, 0.6) is 5.75 Å². The Balaban J connectivity index is 1.76. The highest BCUT2D eigenvalue weighted by molar-refractivity contribution is 5.73. The first-order valence-corrected chi connectivity index (χ1v) is 11.9. The van der Waals surface area contributed by atoms with Gasteiger partial charge in [-0.15, -0.1) is 0 Å². The van der Waals surface area contributed by atoms with Gasteiger partial charge in [0.15, 0.2) is 5.82 Å². The molecule has 5 heteroatoms. The van der Waals surface area contributed by atoms with E-state index in [4.69, 9.17) is 9.47 Å². The molecule has 1 heterocycles. The van der Waals surface area contributed by atoms with Crippen molar-refractivity contribution in [2.75, 3.05) is 6.61 Å². The molecule has 0 bridgehead atoms. The summed E-state index contributed by atoms with van der Waals surface area (Å²) in [4.78, 5) is 21.0. The predicted molar refractivity (Wildman–Crippen MR) is 125 cm³/mol. The number of aryl methyl sites for hydroxylation is 1. The Morgan fingerprint density at radius 1 is 0.903 bits per heavy atom. The van der Waals surface area contributed by atoms with E-state index < -0.39 is 0 Å². The van der Waals surface area contributed by atoms with E-state index in [1.165, 1.54) is 50.5 Å². The first-order valence-electron chi connectivity index (χ1n) is 11.9. The van der Waals surface area contributed by atoms with E-state index in [9.17, 15) is 4.79 Å². The molecule has 0 amide bonds. The van der Waals surface area contributed by atoms with Crippen molar-refractivity contribution in [2.24, 2.45) is 0 Å². The van der Waals surface area contributed by atoms with Gasteiger partial charge >= 0.3 is 5.97 Å². The van der Waals surface area contributed by atoms with Gasteiger partial charge in [0.1, 0.15) is 5.75 Å². The lowest BCUT2D eigenvalue weighted by Crippen LogP contribution is -2.18. The molecule has 0 aliphatic heterocycles. The van der Waals surface area contributed by atoms with E-state index in [0.717, 1.165) is 18.4 Å². The second-order valence-corrected chi connectivity index (χ2v) is 8.17. The molecule has 2 rings (SSSR count). The molecule has 1 aromatic heterocycles. The molecule has 0 aliphatic rings. The summed E-state index contributed by atoms with van der Waals surface area (Å²) in [5, 5.41) is 0. The van der Waals surface area contributed by atoms with Gasteiger partial charge in [-0.25, -0.2) is 9.97 Å². The molecular weight excluding hydrogens is 388 g/mol. The quantitative estimate of drug-likeness (QED) is 0.184. The molecule has 0 N–H and O–H groups in total. The molecule has 0 fully saturated rings. The molecule has 1 unspecified atom stereocenters. The predicted octanol–water partition coefficient (Wildman–Crippen LogP) is 6.55. The molecule has 2 aromatic rings. The van der Waals surface area contributed by atoms with E-state index in [1.54, 1.807) is 12.1 Å². The number of carbonyl (C=O) groups excluding carboxylic acids is 1. The van der Waals surface area contributed by atoms with Crippen LogP contribution in [0.25, 0.3) is 11.4 Å². The first kappa shape index (κ1) is 25.0. The monoisotopic (exact) mass is 426 g/mol. The summed E-state index contributed by atoms with van der Waals surface area (Å²) in [6.07, 6.45) is 15.1. The van der Waals surface area contributed by atoms with E-state index in [2.05, 4.69) is 16.9 Å². The average Bonchev–Trinajstić information content (AvgIpc) is 2.78. The lowest BCUT2D eigenvalue weighted by atomic mass is 10.1. The van der Waals surface area contributed by atoms with Gasteiger partial charge in [0.05, 0.1) is 12.5 Å². The third-order valence-electron chi connectivity index (χ3n) is 5.18. The van der Waals surface area contributed by atoms with Gasteiger partial charge in [0.25, 0.3) is 0 Å². The standard InChI is InChI=1S/C26H38N2O3/c1-4-6-7-8-9-10-11-12-22-19-27-26(28-20-22)23-13-15-24(16-14-23)31-25(29)18-21(3)30-17-5-2/h13-16,19-21H,4-12,17-18H2,1-3H3. The summed E-state index contributed by atoms with van der Waals surface area (Å²) in [5.74, 6) is 0.914. The summed E-state index contributed by atoms with van der Waals surface area (Å²) in [6, 6.07) is 7.32. The molecule has 0 aliphatic carbocycles. The van der Waals surface area contributed by atoms with Crippen molar-refractivity contribution in [3.63, 3.8) is 0 Å². The van der Waals surface area contributed by atoms with Gasteiger partial charge in [-0.05, 0) is 56.0 Å². The number of esters is 1. The molecule has 0 saturated heterocycles. The van der Waals surface area contributed by atoms with Crippen LogP contribution >= 0.6 is 0 Å². The molecule has 0 radical (unpaired) electrons. The average molecular weight is 427 g/mol. The third kappa shape index (κ3) is 10.1. The number of unbranched alkanes of at least 4 members (excludes halogenated alkanes) is 6. The minimum Gasteiger partial charge on any atom is -0.426 e. The van der Waals surface area contributed by atoms with Gasteiger partial charge in [-0.1, -0.05) is 52.4 Å². The van der Waals surface area contributed by atoms with Crippen molar-refractivity contribution in [2.45, 2.75) is 91.1 Å². The van der Waals surface area contributed by atoms with E-state index in [-0.39, 0.29) is 18.5 Å². The highest BCUT2D eigenvalue weighted by atomic mass is 16.5. The lowest BCUT2D eigenvalue weighted by Gasteiger charge is -2.11. The van der Waals surface area contributed by atoms with Crippen LogP contribution in [0.4, 0.5) is 0 Å². The van der Waals surface area contributed by atoms with Crippen molar-refractivity contribution in [1.29, 1.82) is 0 Å². The number of aromatic nitrogens is 2. The molecular formula is C26H38N2O3. The van der Waals surface area contributed by atoms with E-state index in [1.807, 2.05) is 38.4 Å². The van der Waals surface area contributed by atoms with Crippen molar-refractivity contribution < 1.29 is 14.3 Å². The summed E-state index contributed by atoms with van der Waals surface area (Å²) in [6.45, 7) is 6.83. The topological polar surface area (TPSA) is 61.3 Å². The van der Waals surface area contributed by atoms with Crippen LogP contribution in [-0.2, 0) is 16.0 Å². The summed E-state index contributed by atoms with van der Waals surface area (Å²) in [7, 11) is 0. The minimum absolute atomic E-state index is 0.139. The molecule has 5 nitrogen and oxygen atoms in total. The van der Waals surface area contributed by atoms with Crippen LogP contribution in [0.2, 0.25) is 0 Å². The minimum atomic E-state index is -0.290. The molecule has 31 heavy (non-hydrogen) atoms. The zero-order valence-corrected chi connectivity index (χ0v) is 19.4. The molecule has 0 saturated carbocycles. The zero-order chi connectivity index (χ0) is 22.3. The van der Waals surface area contributed by atoms with Crippen LogP contribution in [0.1, 0.15) is 84.1 Å². The number of nitrogens with zero attached hydrogens (tertiary/aromatic N) is 2. The lowest BCUT2D eigenvalue weighted by molar-refractivity contribution is -0.137. The van der Waals surface area contributed by atoms with Crippen LogP contribution in [-0.4, -0.2) is 28.6 Å². The zero-order valence-electron chi connectivity index (χ0n) is 19.4. The summed E-state index contributed by atoms with van der Waals surface area (Å²) < 4.78 is 10.9. The SMILES string of the molecule is CCCCCCCCCc1cnc(-c2ccc(OC(=O)CC(C)OCCC)cc2)nc1. The molecule has 1 aromatic carbocycles. The van der Waals surface area contributed by atoms with Gasteiger partial charge in [-0.2, -0.15) is 0 Å². The Morgan fingerprint density at radius 3 is 2.19 bits per heavy atom. The van der Waals surface area contributed by atoms with E-state index in [0.29, 0.717) is 18.2 Å². The Kier molecular flexibility index (Phi) is 11.8. The van der Waals surface area contributed by atoms with Gasteiger partial charge < -0.3 is 9.47 Å². The highest BCUT2D eigenvalue weighted by Gasteiger charge is 2.12. The van der Waals surface area contributed by atoms with Crippen LogP contribution in [0, 0.1) is 0 Å². The second-order valence-electron chi connectivity index (χ2n) is 8.17. The fourth-order valence-electron chi connectivity index (χ4n) is 3.38. The van der Waals surface area contributed by atoms with Crippen molar-refractivity contribution in [1.82, 2.24) is 9.97 Å². The van der Waals surface area contributed by atoms with Crippen LogP contribution < -0.4 is 4.74 Å². The summed E-state index contributed by atoms with van der Waals surface area (Å²) >= 11 is 0. The van der Waals surface area contributed by atoms with Crippen LogP contribution in [0.3, 0.4) is 0 Å². The van der Waals surface area contributed by atoms with Crippen LogP contribution in [0.15, 0.2) is 36.7 Å². The fourth-order valence-corrected chi connectivity index (χ4v) is 3.38. The molecule has 1 atom stereocenters. The highest BCUT2D eigenvalue weighted by Crippen LogP contribution is 2.20. The second kappa shape index (κ2) is 14.7. The maximum Gasteiger partial charge on any atom is 0.313 e. The fraction of sp³-hybridized carbons (Fsp3) is 0.577.